The summed E-state index contributed by atoms with van der Waals surface area (Å²) in [6.07, 6.45) is -5.26. The number of carboxylic acids is 3. The third-order valence-corrected chi connectivity index (χ3v) is 6.96. The highest BCUT2D eigenvalue weighted by atomic mass is 16.7. The summed E-state index contributed by atoms with van der Waals surface area (Å²) in [5.74, 6) is -4.69. The predicted octanol–water partition coefficient (Wildman–Crippen LogP) is -4.90. The largest absolute Gasteiger partial charge is 0.544 e. The number of aromatic hydroxyl groups is 1. The highest BCUT2D eigenvalue weighted by Crippen LogP contribution is 2.36. The summed E-state index contributed by atoms with van der Waals surface area (Å²) >= 11 is 0. The van der Waals surface area contributed by atoms with Crippen molar-refractivity contribution >= 4 is 23.6 Å². The summed E-state index contributed by atoms with van der Waals surface area (Å²) in [5, 5.41) is 83.1. The highest BCUT2D eigenvalue weighted by Gasteiger charge is 2.45. The fraction of sp³-hybridized carbons (Fsp3) is 0.458. The average Bonchev–Trinajstić information content (AvgIpc) is 3.24. The molecule has 1 fully saturated rings. The Bertz CT molecular complexity index is 1210. The quantitative estimate of drug-likeness (QED) is 0.137. The first kappa shape index (κ1) is 28.3. The first-order valence-corrected chi connectivity index (χ1v) is 11.9. The van der Waals surface area contributed by atoms with Crippen molar-refractivity contribution in [2.24, 2.45) is 0 Å². The Morgan fingerprint density at radius 3 is 2.46 bits per heavy atom. The van der Waals surface area contributed by atoms with Crippen LogP contribution in [0.3, 0.4) is 0 Å². The number of aliphatic hydroxyl groups excluding tert-OH is 4. The molecule has 0 spiro atoms. The molecule has 0 bridgehead atoms. The molecule has 212 valence electrons. The van der Waals surface area contributed by atoms with Crippen molar-refractivity contribution < 1.29 is 69.6 Å². The van der Waals surface area contributed by atoms with E-state index in [0.717, 1.165) is 0 Å². The molecule has 1 aromatic rings. The van der Waals surface area contributed by atoms with Crippen LogP contribution < -0.4 is 20.1 Å². The van der Waals surface area contributed by atoms with Crippen LogP contribution in [-0.2, 0) is 25.5 Å². The van der Waals surface area contributed by atoms with Crippen molar-refractivity contribution in [1.82, 2.24) is 5.32 Å². The lowest BCUT2D eigenvalue weighted by molar-refractivity contribution is -0.840. The van der Waals surface area contributed by atoms with Gasteiger partial charge in [-0.3, -0.25) is 4.90 Å². The molecule has 15 heteroatoms. The number of carbonyl (C=O) groups excluding carboxylic acids is 1. The molecule has 1 unspecified atom stereocenters. The second kappa shape index (κ2) is 11.2. The minimum Gasteiger partial charge on any atom is -0.544 e. The third kappa shape index (κ3) is 5.68. The topological polar surface area (TPSA) is 251 Å². The molecule has 0 aliphatic carbocycles. The Morgan fingerprint density at radius 1 is 1.13 bits per heavy atom. The number of aliphatic carboxylic acids is 3. The number of ether oxygens (including phenoxy) is 2. The summed E-state index contributed by atoms with van der Waals surface area (Å²) in [4.78, 5) is 35.1. The van der Waals surface area contributed by atoms with E-state index >= 15 is 0 Å². The molecule has 3 aliphatic heterocycles. The molecule has 39 heavy (non-hydrogen) atoms. The highest BCUT2D eigenvalue weighted by molar-refractivity contribution is 5.89. The molecule has 3 aliphatic rings. The van der Waals surface area contributed by atoms with Gasteiger partial charge in [0.1, 0.15) is 60.4 Å². The van der Waals surface area contributed by atoms with E-state index < -0.39 is 73.1 Å². The molecule has 1 saturated heterocycles. The summed E-state index contributed by atoms with van der Waals surface area (Å²) in [7, 11) is 0. The van der Waals surface area contributed by atoms with Crippen LogP contribution in [0.5, 0.6) is 11.5 Å². The van der Waals surface area contributed by atoms with Crippen molar-refractivity contribution in [3.63, 3.8) is 0 Å². The Kier molecular flexibility index (Phi) is 8.10. The monoisotopic (exact) mass is 552 g/mol. The van der Waals surface area contributed by atoms with Gasteiger partial charge in [-0.25, -0.2) is 9.59 Å². The maximum absolute atomic E-state index is 11.9. The number of allylic oxidation sites excluding steroid dienone is 1. The number of hydrogen-bond donors (Lipinski definition) is 9. The van der Waals surface area contributed by atoms with Gasteiger partial charge in [0.25, 0.3) is 0 Å². The van der Waals surface area contributed by atoms with Crippen LogP contribution in [0.4, 0.5) is 5.69 Å². The lowest BCUT2D eigenvalue weighted by Crippen LogP contribution is -3.11. The molecule has 0 saturated carbocycles. The number of phenols is 1. The van der Waals surface area contributed by atoms with Gasteiger partial charge in [0, 0.05) is 24.5 Å². The molecule has 9 N–H and O–H groups in total. The molecule has 0 aromatic heterocycles. The molecule has 8 atom stereocenters. The van der Waals surface area contributed by atoms with Crippen LogP contribution in [0.15, 0.2) is 35.6 Å². The fourth-order valence-corrected chi connectivity index (χ4v) is 4.89. The summed E-state index contributed by atoms with van der Waals surface area (Å²) < 4.78 is 10.9. The van der Waals surface area contributed by atoms with Crippen LogP contribution in [0.1, 0.15) is 12.0 Å². The molecular formula is C24H28N2O13. The van der Waals surface area contributed by atoms with Crippen molar-refractivity contribution in [1.29, 1.82) is 0 Å². The van der Waals surface area contributed by atoms with Gasteiger partial charge in [-0.1, -0.05) is 0 Å². The zero-order valence-corrected chi connectivity index (χ0v) is 20.3. The molecule has 15 nitrogen and oxygen atoms in total. The van der Waals surface area contributed by atoms with Crippen molar-refractivity contribution in [3.8, 4) is 11.5 Å². The zero-order valence-electron chi connectivity index (χ0n) is 20.3. The first-order chi connectivity index (χ1) is 18.4. The number of aliphatic hydroxyl groups is 4. The van der Waals surface area contributed by atoms with E-state index in [9.17, 15) is 55.2 Å². The minimum absolute atomic E-state index is 0.0268. The lowest BCUT2D eigenvalue weighted by atomic mass is 9.99. The van der Waals surface area contributed by atoms with Gasteiger partial charge < -0.3 is 60.4 Å². The van der Waals surface area contributed by atoms with Crippen LogP contribution in [0.25, 0.3) is 0 Å². The predicted molar refractivity (Wildman–Crippen MR) is 123 cm³/mol. The Morgan fingerprint density at radius 2 is 1.85 bits per heavy atom. The summed E-state index contributed by atoms with van der Waals surface area (Å²) in [6.45, 7) is -0.724. The number of phenolic OH excluding ortho intramolecular Hbond substituents is 1. The van der Waals surface area contributed by atoms with E-state index in [1.807, 2.05) is 0 Å². The second-order valence-electron chi connectivity index (χ2n) is 9.48. The molecule has 0 amide bonds. The maximum Gasteiger partial charge on any atom is 0.351 e. The number of quaternary nitrogens is 1. The van der Waals surface area contributed by atoms with Gasteiger partial charge >= 0.3 is 11.9 Å². The van der Waals surface area contributed by atoms with Gasteiger partial charge in [-0.2, -0.15) is 0 Å². The third-order valence-electron chi connectivity index (χ3n) is 6.96. The number of carboxylic acid groups (broad SMARTS) is 3. The van der Waals surface area contributed by atoms with E-state index in [1.54, 1.807) is 0 Å². The number of fused-ring (bicyclic) bond motifs is 1. The number of nitrogens with one attached hydrogen (secondary N) is 2. The van der Waals surface area contributed by atoms with Gasteiger partial charge in [-0.05, 0) is 23.8 Å². The average molecular weight is 552 g/mol. The number of hydrogen-bond acceptors (Lipinski definition) is 12. The van der Waals surface area contributed by atoms with Gasteiger partial charge in [0.15, 0.2) is 11.5 Å². The van der Waals surface area contributed by atoms with E-state index in [-0.39, 0.29) is 30.8 Å². The van der Waals surface area contributed by atoms with Gasteiger partial charge in [0.05, 0.1) is 6.61 Å². The lowest BCUT2D eigenvalue weighted by Gasteiger charge is -2.39. The molecule has 1 aromatic carbocycles. The minimum atomic E-state index is -1.75. The smallest absolute Gasteiger partial charge is 0.351 e. The van der Waals surface area contributed by atoms with Gasteiger partial charge in [0.2, 0.25) is 6.29 Å². The van der Waals surface area contributed by atoms with Crippen molar-refractivity contribution in [2.45, 2.75) is 55.6 Å². The van der Waals surface area contributed by atoms with Crippen molar-refractivity contribution in [3.05, 3.63) is 41.1 Å². The summed E-state index contributed by atoms with van der Waals surface area (Å²) in [5.41, 5.74) is 0.831. The second-order valence-corrected chi connectivity index (χ2v) is 9.48. The van der Waals surface area contributed by atoms with Crippen LogP contribution >= 0.6 is 0 Å². The van der Waals surface area contributed by atoms with Crippen LogP contribution in [0, 0.1) is 0 Å². The standard InChI is InChI=1S/C24H28N2O13/c27-8-17-18(29)19(30)20(31)24(39-17)38-16-7-13-10(6-15(16)28)5-14(23(36)37)26(13)2-1-9-3-11(21(32)33)25-12(4-9)22(34)35/h1,3,6-7,12,14,17-20,24-25,27-31H,2,4-5,8H2,(H,32,33)(H,34,35)(H,36,37)/t12-,14+,17-,18+,19+,20-,24-/m1/s1. The Labute approximate surface area is 220 Å². The number of rotatable bonds is 8. The first-order valence-electron chi connectivity index (χ1n) is 11.9. The molecule has 3 heterocycles. The number of carbonyl (C=O) groups is 3. The van der Waals surface area contributed by atoms with E-state index in [2.05, 4.69) is 5.32 Å². The SMILES string of the molecule is O=C(O)C1=CC(=CC[NH+]2c3cc(O[C@@H]4O[C@H](CO)[C@H](O)[C@H](O)[C@H]4O)c(O)cc3C[C@H]2C(=O)[O-])C[C@H](C(=O)O)N1. The zero-order chi connectivity index (χ0) is 28.6. The van der Waals surface area contributed by atoms with Gasteiger partial charge in [-0.15, -0.1) is 0 Å². The van der Waals surface area contributed by atoms with Crippen LogP contribution in [0.2, 0.25) is 0 Å². The number of benzene rings is 1. The Balaban J connectivity index is 1.62. The normalized spacial score (nSPS) is 33.1. The molecule has 4 rings (SSSR count). The van der Waals surface area contributed by atoms with E-state index in [1.165, 1.54) is 24.3 Å². The van der Waals surface area contributed by atoms with E-state index in [0.29, 0.717) is 21.7 Å². The fourth-order valence-electron chi connectivity index (χ4n) is 4.89. The van der Waals surface area contributed by atoms with Crippen LogP contribution in [-0.4, -0.2) is 110 Å². The van der Waals surface area contributed by atoms with Crippen molar-refractivity contribution in [2.75, 3.05) is 13.2 Å². The molecular weight excluding hydrogens is 524 g/mol. The van der Waals surface area contributed by atoms with E-state index in [4.69, 9.17) is 9.47 Å². The Hall–Kier alpha value is -3.73. The summed E-state index contributed by atoms with van der Waals surface area (Å²) in [6, 6.07) is 0.265. The maximum atomic E-state index is 11.9. The molecule has 0 radical (unpaired) electrons.